The molecule has 1 aliphatic rings. The van der Waals surface area contributed by atoms with Crippen molar-refractivity contribution in [3.8, 4) is 0 Å². The van der Waals surface area contributed by atoms with Gasteiger partial charge in [-0.3, -0.25) is 4.55 Å². The molecule has 0 aromatic carbocycles. The largest absolute Gasteiger partial charge is 0.394 e. The number of hydrogen-bond acceptors (Lipinski definition) is 10. The first-order chi connectivity index (χ1) is 9.34. The van der Waals surface area contributed by atoms with E-state index in [0.29, 0.717) is 0 Å². The van der Waals surface area contributed by atoms with E-state index in [1.54, 1.807) is 0 Å². The molecule has 1 heterocycles. The predicted octanol–water partition coefficient (Wildman–Crippen LogP) is -4.89. The first-order valence-corrected chi connectivity index (χ1v) is 7.21. The highest BCUT2D eigenvalue weighted by atomic mass is 32.2. The van der Waals surface area contributed by atoms with Crippen LogP contribution >= 0.6 is 0 Å². The minimum atomic E-state index is -5.71. The summed E-state index contributed by atoms with van der Waals surface area (Å²) in [6.07, 6.45) is -11.0. The van der Waals surface area contributed by atoms with E-state index in [1.807, 2.05) is 0 Å². The minimum absolute atomic E-state index is 1.06. The van der Waals surface area contributed by atoms with E-state index in [1.165, 1.54) is 0 Å². The van der Waals surface area contributed by atoms with Crippen molar-refractivity contribution in [2.24, 2.45) is 0 Å². The van der Waals surface area contributed by atoms with Gasteiger partial charge in [0, 0.05) is 0 Å². The van der Waals surface area contributed by atoms with Gasteiger partial charge < -0.3 is 40.5 Å². The lowest BCUT2D eigenvalue weighted by Gasteiger charge is -2.52. The van der Waals surface area contributed by atoms with Crippen molar-refractivity contribution in [1.29, 1.82) is 0 Å². The zero-order valence-electron chi connectivity index (χ0n) is 10.8. The molecule has 0 radical (unpaired) electrons. The third-order valence-electron chi connectivity index (χ3n) is 3.43. The molecule has 8 N–H and O–H groups in total. The lowest BCUT2D eigenvalue weighted by atomic mass is 9.87. The van der Waals surface area contributed by atoms with Crippen LogP contribution in [0.25, 0.3) is 0 Å². The van der Waals surface area contributed by atoms with Crippen molar-refractivity contribution >= 4 is 10.1 Å². The Morgan fingerprint density at radius 2 is 1.71 bits per heavy atom. The van der Waals surface area contributed by atoms with Crippen LogP contribution in [0.5, 0.6) is 0 Å². The maximum atomic E-state index is 11.3. The van der Waals surface area contributed by atoms with Gasteiger partial charge in [-0.1, -0.05) is 0 Å². The van der Waals surface area contributed by atoms with Crippen LogP contribution in [0.1, 0.15) is 6.92 Å². The van der Waals surface area contributed by atoms with Crippen LogP contribution < -0.4 is 0 Å². The molecule has 1 fully saturated rings. The van der Waals surface area contributed by atoms with Gasteiger partial charge in [-0.2, -0.15) is 8.42 Å². The highest BCUT2D eigenvalue weighted by Gasteiger charge is 2.73. The van der Waals surface area contributed by atoms with Gasteiger partial charge in [0.2, 0.25) is 5.79 Å². The van der Waals surface area contributed by atoms with Crippen molar-refractivity contribution in [3.05, 3.63) is 0 Å². The molecule has 126 valence electrons. The average Bonchev–Trinajstić information content (AvgIpc) is 2.39. The summed E-state index contributed by atoms with van der Waals surface area (Å²) in [5.41, 5.74) is 0. The Morgan fingerprint density at radius 3 is 2.10 bits per heavy atom. The molecule has 0 saturated carbocycles. The molecule has 21 heavy (non-hydrogen) atoms. The van der Waals surface area contributed by atoms with E-state index >= 15 is 0 Å². The van der Waals surface area contributed by atoms with E-state index in [-0.39, 0.29) is 0 Å². The quantitative estimate of drug-likeness (QED) is 0.229. The molecule has 0 aliphatic carbocycles. The molecular weight excluding hydrogens is 316 g/mol. The molecular formula is C9H18O11S. The summed E-state index contributed by atoms with van der Waals surface area (Å²) in [6.45, 7) is -0.109. The standard InChI is InChI=1S/C9H18O11S/c1-3-5(12)7(14)9(16,21(17,18)19)8(15,20-3)6(13)4(11)2-10/h3-7,10-16H,2H2,1H3,(H,17,18,19)/t3-,4?,5-,6?,7+,8+,9-/m1/s1. The lowest BCUT2D eigenvalue weighted by molar-refractivity contribution is -0.392. The Labute approximate surface area is 119 Å². The van der Waals surface area contributed by atoms with Gasteiger partial charge in [0.25, 0.3) is 4.93 Å². The van der Waals surface area contributed by atoms with Crippen LogP contribution in [0.2, 0.25) is 0 Å². The van der Waals surface area contributed by atoms with Crippen molar-refractivity contribution in [1.82, 2.24) is 0 Å². The fraction of sp³-hybridized carbons (Fsp3) is 1.00. The van der Waals surface area contributed by atoms with Gasteiger partial charge in [0.05, 0.1) is 12.7 Å². The third kappa shape index (κ3) is 2.57. The van der Waals surface area contributed by atoms with E-state index < -0.39 is 58.0 Å². The maximum absolute atomic E-state index is 11.3. The van der Waals surface area contributed by atoms with Crippen LogP contribution in [0.15, 0.2) is 0 Å². The van der Waals surface area contributed by atoms with Gasteiger partial charge in [-0.05, 0) is 6.92 Å². The van der Waals surface area contributed by atoms with E-state index in [9.17, 15) is 39.1 Å². The second-order valence-electron chi connectivity index (χ2n) is 4.82. The van der Waals surface area contributed by atoms with Gasteiger partial charge in [-0.15, -0.1) is 0 Å². The van der Waals surface area contributed by atoms with Crippen molar-refractivity contribution < 1.29 is 53.5 Å². The van der Waals surface area contributed by atoms with Gasteiger partial charge >= 0.3 is 10.1 Å². The third-order valence-corrected chi connectivity index (χ3v) is 4.75. The topological polar surface area (TPSA) is 205 Å². The molecule has 0 amide bonds. The molecule has 0 bridgehead atoms. The summed E-state index contributed by atoms with van der Waals surface area (Å²) in [5, 5.41) is 67.2. The summed E-state index contributed by atoms with van der Waals surface area (Å²) in [7, 11) is -5.71. The predicted molar refractivity (Wildman–Crippen MR) is 63.1 cm³/mol. The first kappa shape index (κ1) is 18.6. The molecule has 0 aromatic heterocycles. The van der Waals surface area contributed by atoms with Gasteiger partial charge in [0.1, 0.15) is 24.4 Å². The Kier molecular flexibility index (Phi) is 5.02. The Hall–Kier alpha value is -0.410. The molecule has 1 saturated heterocycles. The maximum Gasteiger partial charge on any atom is 0.303 e. The number of aliphatic hydroxyl groups excluding tert-OH is 5. The van der Waals surface area contributed by atoms with E-state index in [0.717, 1.165) is 6.92 Å². The van der Waals surface area contributed by atoms with Crippen LogP contribution in [0, 0.1) is 0 Å². The number of hydrogen-bond donors (Lipinski definition) is 8. The number of aliphatic hydroxyl groups is 7. The molecule has 11 nitrogen and oxygen atoms in total. The molecule has 1 aliphatic heterocycles. The second kappa shape index (κ2) is 5.66. The monoisotopic (exact) mass is 334 g/mol. The Balaban J connectivity index is 3.51. The van der Waals surface area contributed by atoms with Gasteiger partial charge in [-0.25, -0.2) is 0 Å². The van der Waals surface area contributed by atoms with Crippen molar-refractivity contribution in [3.63, 3.8) is 0 Å². The number of rotatable bonds is 4. The summed E-state index contributed by atoms with van der Waals surface area (Å²) >= 11 is 0. The normalized spacial score (nSPS) is 44.3. The smallest absolute Gasteiger partial charge is 0.303 e. The summed E-state index contributed by atoms with van der Waals surface area (Å²) < 4.78 is 36.4. The van der Waals surface area contributed by atoms with Crippen LogP contribution in [0.3, 0.4) is 0 Å². The first-order valence-electron chi connectivity index (χ1n) is 5.77. The summed E-state index contributed by atoms with van der Waals surface area (Å²) in [4.78, 5) is -3.97. The molecule has 12 heteroatoms. The summed E-state index contributed by atoms with van der Waals surface area (Å²) in [5.74, 6) is -3.62. The second-order valence-corrected chi connectivity index (χ2v) is 6.39. The molecule has 0 aromatic rings. The lowest BCUT2D eigenvalue weighted by Crippen LogP contribution is -2.79. The molecule has 7 atom stereocenters. The highest BCUT2D eigenvalue weighted by Crippen LogP contribution is 2.42. The summed E-state index contributed by atoms with van der Waals surface area (Å²) in [6, 6.07) is 0. The SMILES string of the molecule is C[C@H]1O[C@@](O)(C(O)C(O)CO)[C@](O)(S(=O)(=O)O)[C@@H](O)[C@@H]1O. The van der Waals surface area contributed by atoms with Crippen LogP contribution in [-0.2, 0) is 14.9 Å². The highest BCUT2D eigenvalue weighted by molar-refractivity contribution is 7.87. The van der Waals surface area contributed by atoms with Crippen LogP contribution in [-0.4, -0.2) is 96.6 Å². The van der Waals surface area contributed by atoms with Crippen LogP contribution in [0.4, 0.5) is 0 Å². The number of ether oxygens (including phenoxy) is 1. The van der Waals surface area contributed by atoms with E-state index in [4.69, 9.17) is 9.66 Å². The molecule has 1 rings (SSSR count). The minimum Gasteiger partial charge on any atom is -0.394 e. The average molecular weight is 334 g/mol. The Morgan fingerprint density at radius 1 is 1.24 bits per heavy atom. The molecule has 0 spiro atoms. The zero-order chi connectivity index (χ0) is 16.8. The Bertz CT molecular complexity index is 480. The molecule has 2 unspecified atom stereocenters. The van der Waals surface area contributed by atoms with E-state index in [2.05, 4.69) is 4.74 Å². The zero-order valence-corrected chi connectivity index (χ0v) is 11.6. The van der Waals surface area contributed by atoms with Crippen molar-refractivity contribution in [2.75, 3.05) is 6.61 Å². The van der Waals surface area contributed by atoms with Crippen molar-refractivity contribution in [2.45, 2.75) is 48.2 Å². The fourth-order valence-electron chi connectivity index (χ4n) is 2.12. The fourth-order valence-corrected chi connectivity index (χ4v) is 3.10. The van der Waals surface area contributed by atoms with Gasteiger partial charge in [0.15, 0.2) is 0 Å².